The number of hydrazone groups is 1. The van der Waals surface area contributed by atoms with Gasteiger partial charge in [0.05, 0.1) is 17.8 Å². The number of ether oxygens (including phenoxy) is 3. The van der Waals surface area contributed by atoms with Gasteiger partial charge in [-0.2, -0.15) is 5.10 Å². The monoisotopic (exact) mass is 585 g/mol. The minimum Gasteiger partial charge on any atom is -0.493 e. The van der Waals surface area contributed by atoms with Crippen molar-refractivity contribution < 1.29 is 23.8 Å². The summed E-state index contributed by atoms with van der Waals surface area (Å²) in [5.74, 6) is 0.673. The maximum absolute atomic E-state index is 12.5. The average Bonchev–Trinajstić information content (AvgIpc) is 2.89. The lowest BCUT2D eigenvalue weighted by Gasteiger charge is -2.10. The molecule has 0 spiro atoms. The van der Waals surface area contributed by atoms with Crippen LogP contribution < -0.4 is 25.0 Å². The minimum absolute atomic E-state index is 0.186. The third kappa shape index (κ3) is 8.09. The molecular weight excluding hydrogens is 562 g/mol. The molecule has 2 amide bonds. The molecule has 3 aromatic carbocycles. The summed E-state index contributed by atoms with van der Waals surface area (Å²) in [5.41, 5.74) is 5.04. The largest absolute Gasteiger partial charge is 0.493 e. The fraction of sp³-hybridized carbons (Fsp3) is 0.148. The molecule has 0 heterocycles. The Labute approximate surface area is 228 Å². The van der Waals surface area contributed by atoms with E-state index >= 15 is 0 Å². The van der Waals surface area contributed by atoms with Crippen LogP contribution in [0, 0.1) is 6.92 Å². The van der Waals surface area contributed by atoms with Crippen molar-refractivity contribution in [1.29, 1.82) is 0 Å². The molecule has 0 saturated carbocycles. The SMILES string of the molecule is C=CCOc1ccc(C(=O)N/N=C/c2ccc(OCC(=O)Nc3ccc(C)c(Cl)c3)c(Br)c2)cc1OC. The third-order valence-electron chi connectivity index (χ3n) is 4.93. The molecule has 8 nitrogen and oxygen atoms in total. The Morgan fingerprint density at radius 3 is 2.54 bits per heavy atom. The van der Waals surface area contributed by atoms with Crippen molar-refractivity contribution >= 4 is 51.2 Å². The third-order valence-corrected chi connectivity index (χ3v) is 5.96. The van der Waals surface area contributed by atoms with Gasteiger partial charge in [-0.05, 0) is 82.5 Å². The molecule has 0 fully saturated rings. The number of carbonyl (C=O) groups excluding carboxylic acids is 2. The van der Waals surface area contributed by atoms with Gasteiger partial charge in [-0.15, -0.1) is 0 Å². The zero-order valence-corrected chi connectivity index (χ0v) is 22.6. The Morgan fingerprint density at radius 1 is 1.05 bits per heavy atom. The van der Waals surface area contributed by atoms with Gasteiger partial charge < -0.3 is 19.5 Å². The lowest BCUT2D eigenvalue weighted by molar-refractivity contribution is -0.118. The summed E-state index contributed by atoms with van der Waals surface area (Å²) in [6.45, 7) is 5.62. The number of nitrogens with one attached hydrogen (secondary N) is 2. The molecular formula is C27H25BrClN3O5. The summed E-state index contributed by atoms with van der Waals surface area (Å²) >= 11 is 9.51. The number of methoxy groups -OCH3 is 1. The summed E-state index contributed by atoms with van der Waals surface area (Å²) in [6.07, 6.45) is 3.10. The van der Waals surface area contributed by atoms with Crippen LogP contribution in [-0.4, -0.2) is 38.4 Å². The number of hydrogen-bond donors (Lipinski definition) is 2. The summed E-state index contributed by atoms with van der Waals surface area (Å²) < 4.78 is 17.0. The highest BCUT2D eigenvalue weighted by molar-refractivity contribution is 9.10. The molecule has 0 unspecified atom stereocenters. The smallest absolute Gasteiger partial charge is 0.271 e. The van der Waals surface area contributed by atoms with Gasteiger partial charge in [0, 0.05) is 16.3 Å². The minimum atomic E-state index is -0.412. The lowest BCUT2D eigenvalue weighted by Crippen LogP contribution is -2.20. The first-order valence-electron chi connectivity index (χ1n) is 11.0. The summed E-state index contributed by atoms with van der Waals surface area (Å²) in [7, 11) is 1.49. The second-order valence-electron chi connectivity index (χ2n) is 7.66. The van der Waals surface area contributed by atoms with E-state index in [1.165, 1.54) is 13.3 Å². The van der Waals surface area contributed by atoms with Crippen molar-refractivity contribution in [3.05, 3.63) is 93.4 Å². The van der Waals surface area contributed by atoms with Crippen LogP contribution in [0.3, 0.4) is 0 Å². The van der Waals surface area contributed by atoms with E-state index in [0.29, 0.717) is 50.2 Å². The Hall–Kier alpha value is -3.82. The number of carbonyl (C=O) groups is 2. The first kappa shape index (κ1) is 27.8. The normalized spacial score (nSPS) is 10.6. The number of rotatable bonds is 11. The first-order chi connectivity index (χ1) is 17.8. The van der Waals surface area contributed by atoms with E-state index in [2.05, 4.69) is 38.4 Å². The highest BCUT2D eigenvalue weighted by Crippen LogP contribution is 2.28. The number of anilines is 1. The Bertz CT molecular complexity index is 1330. The van der Waals surface area contributed by atoms with Crippen LogP contribution in [0.15, 0.2) is 76.8 Å². The molecule has 0 saturated heterocycles. The topological polar surface area (TPSA) is 98.3 Å². The highest BCUT2D eigenvalue weighted by Gasteiger charge is 2.11. The fourth-order valence-corrected chi connectivity index (χ4v) is 3.72. The molecule has 3 rings (SSSR count). The van der Waals surface area contributed by atoms with Crippen molar-refractivity contribution in [3.63, 3.8) is 0 Å². The summed E-state index contributed by atoms with van der Waals surface area (Å²) in [4.78, 5) is 24.7. The van der Waals surface area contributed by atoms with E-state index in [1.54, 1.807) is 54.6 Å². The molecule has 2 N–H and O–H groups in total. The Morgan fingerprint density at radius 2 is 1.84 bits per heavy atom. The van der Waals surface area contributed by atoms with Crippen LogP contribution in [0.2, 0.25) is 5.02 Å². The standard InChI is InChI=1S/C27H25BrClN3O5/c1-4-11-36-24-10-7-19(13-25(24)35-3)27(34)32-30-15-18-6-9-23(21(28)12-18)37-16-26(33)31-20-8-5-17(2)22(29)14-20/h4-10,12-15H,1,11,16H2,2-3H3,(H,31,33)(H,32,34)/b30-15+. The number of aryl methyl sites for hydroxylation is 1. The van der Waals surface area contributed by atoms with Crippen molar-refractivity contribution in [3.8, 4) is 17.2 Å². The molecule has 0 aliphatic carbocycles. The molecule has 0 atom stereocenters. The Kier molecular flexibility index (Phi) is 10.1. The molecule has 37 heavy (non-hydrogen) atoms. The molecule has 0 bridgehead atoms. The van der Waals surface area contributed by atoms with Gasteiger partial charge in [0.15, 0.2) is 18.1 Å². The zero-order chi connectivity index (χ0) is 26.8. The zero-order valence-electron chi connectivity index (χ0n) is 20.2. The number of halogens is 2. The van der Waals surface area contributed by atoms with Crippen molar-refractivity contribution in [1.82, 2.24) is 5.43 Å². The van der Waals surface area contributed by atoms with Gasteiger partial charge in [-0.3, -0.25) is 9.59 Å². The van der Waals surface area contributed by atoms with Crippen molar-refractivity contribution in [2.45, 2.75) is 6.92 Å². The number of amides is 2. The number of nitrogens with zero attached hydrogens (tertiary/aromatic N) is 1. The predicted molar refractivity (Wildman–Crippen MR) is 148 cm³/mol. The molecule has 0 radical (unpaired) electrons. The first-order valence-corrected chi connectivity index (χ1v) is 12.2. The second-order valence-corrected chi connectivity index (χ2v) is 8.92. The van der Waals surface area contributed by atoms with E-state index in [1.807, 2.05) is 13.0 Å². The maximum Gasteiger partial charge on any atom is 0.271 e. The van der Waals surface area contributed by atoms with Crippen molar-refractivity contribution in [2.24, 2.45) is 5.10 Å². The summed E-state index contributed by atoms with van der Waals surface area (Å²) in [5, 5.41) is 7.31. The van der Waals surface area contributed by atoms with Crippen LogP contribution in [0.1, 0.15) is 21.5 Å². The second kappa shape index (κ2) is 13.5. The van der Waals surface area contributed by atoms with E-state index in [9.17, 15) is 9.59 Å². The molecule has 0 aliphatic heterocycles. The molecule has 0 aromatic heterocycles. The number of hydrogen-bond acceptors (Lipinski definition) is 6. The lowest BCUT2D eigenvalue weighted by atomic mass is 10.2. The van der Waals surface area contributed by atoms with E-state index in [-0.39, 0.29) is 12.5 Å². The van der Waals surface area contributed by atoms with Crippen LogP contribution in [0.4, 0.5) is 5.69 Å². The maximum atomic E-state index is 12.5. The van der Waals surface area contributed by atoms with Gasteiger partial charge in [-0.1, -0.05) is 30.3 Å². The molecule has 192 valence electrons. The van der Waals surface area contributed by atoms with Gasteiger partial charge >= 0.3 is 0 Å². The quantitative estimate of drug-likeness (QED) is 0.169. The van der Waals surface area contributed by atoms with Gasteiger partial charge in [-0.25, -0.2) is 5.43 Å². The molecule has 10 heteroatoms. The van der Waals surface area contributed by atoms with Crippen LogP contribution in [-0.2, 0) is 4.79 Å². The van der Waals surface area contributed by atoms with E-state index in [4.69, 9.17) is 25.8 Å². The molecule has 0 aliphatic rings. The highest BCUT2D eigenvalue weighted by atomic mass is 79.9. The van der Waals surface area contributed by atoms with Crippen LogP contribution >= 0.6 is 27.5 Å². The number of benzene rings is 3. The van der Waals surface area contributed by atoms with Crippen LogP contribution in [0.25, 0.3) is 0 Å². The van der Waals surface area contributed by atoms with Crippen LogP contribution in [0.5, 0.6) is 17.2 Å². The van der Waals surface area contributed by atoms with Gasteiger partial charge in [0.1, 0.15) is 12.4 Å². The summed E-state index contributed by atoms with van der Waals surface area (Å²) in [6, 6.07) is 15.3. The van der Waals surface area contributed by atoms with Gasteiger partial charge in [0.25, 0.3) is 11.8 Å². The van der Waals surface area contributed by atoms with Gasteiger partial charge in [0.2, 0.25) is 0 Å². The molecule has 3 aromatic rings. The van der Waals surface area contributed by atoms with E-state index in [0.717, 1.165) is 5.56 Å². The van der Waals surface area contributed by atoms with Crippen molar-refractivity contribution in [2.75, 3.05) is 25.6 Å². The fourth-order valence-electron chi connectivity index (χ4n) is 3.03. The Balaban J connectivity index is 1.54. The van der Waals surface area contributed by atoms with E-state index < -0.39 is 5.91 Å². The average molecular weight is 587 g/mol. The predicted octanol–water partition coefficient (Wildman–Crippen LogP) is 5.77.